The number of nitrogens with one attached hydrogen (secondary N) is 1. The van der Waals surface area contributed by atoms with Crippen molar-refractivity contribution < 1.29 is 4.74 Å². The van der Waals surface area contributed by atoms with Gasteiger partial charge in [0, 0.05) is 35.9 Å². The molecular formula is C14H19ClN2O. The molecule has 2 bridgehead atoms. The number of rotatable bonds is 3. The lowest BCUT2D eigenvalue weighted by molar-refractivity contribution is 0.0304. The topological polar surface area (TPSA) is 24.5 Å². The average Bonchev–Trinajstić information content (AvgIpc) is 2.71. The molecule has 98 valence electrons. The van der Waals surface area contributed by atoms with Crippen molar-refractivity contribution in [2.45, 2.75) is 31.6 Å². The van der Waals surface area contributed by atoms with Crippen molar-refractivity contribution >= 4 is 17.3 Å². The third-order valence-corrected chi connectivity index (χ3v) is 4.19. The lowest BCUT2D eigenvalue weighted by atomic mass is 10.1. The maximum Gasteiger partial charge on any atom is 0.0755 e. The van der Waals surface area contributed by atoms with E-state index in [1.807, 2.05) is 19.2 Å². The molecular weight excluding hydrogens is 248 g/mol. The molecule has 4 heteroatoms. The number of halogens is 1. The summed E-state index contributed by atoms with van der Waals surface area (Å²) in [5, 5.41) is 4.05. The third-order valence-electron chi connectivity index (χ3n) is 3.83. The molecule has 0 amide bonds. The lowest BCUT2D eigenvalue weighted by Gasteiger charge is -2.35. The van der Waals surface area contributed by atoms with Gasteiger partial charge in [0.2, 0.25) is 0 Å². The quantitative estimate of drug-likeness (QED) is 0.909. The van der Waals surface area contributed by atoms with E-state index >= 15 is 0 Å². The van der Waals surface area contributed by atoms with Crippen molar-refractivity contribution in [2.24, 2.45) is 0 Å². The van der Waals surface area contributed by atoms with Gasteiger partial charge in [-0.25, -0.2) is 0 Å². The second-order valence-corrected chi connectivity index (χ2v) is 5.54. The summed E-state index contributed by atoms with van der Waals surface area (Å²) >= 11 is 6.32. The van der Waals surface area contributed by atoms with Gasteiger partial charge in [-0.3, -0.25) is 0 Å². The highest BCUT2D eigenvalue weighted by Crippen LogP contribution is 2.33. The minimum absolute atomic E-state index is 0.408. The molecule has 0 aromatic heterocycles. The van der Waals surface area contributed by atoms with E-state index in [1.54, 1.807) is 0 Å². The number of hydrogen-bond donors (Lipinski definition) is 1. The number of fused-ring (bicyclic) bond motifs is 2. The van der Waals surface area contributed by atoms with Crippen LogP contribution in [0.4, 0.5) is 5.69 Å². The van der Waals surface area contributed by atoms with Crippen molar-refractivity contribution in [3.8, 4) is 0 Å². The molecule has 0 aliphatic carbocycles. The van der Waals surface area contributed by atoms with Gasteiger partial charge in [-0.1, -0.05) is 17.7 Å². The number of ether oxygens (including phenoxy) is 1. The maximum absolute atomic E-state index is 6.32. The molecule has 2 heterocycles. The molecule has 2 atom stereocenters. The van der Waals surface area contributed by atoms with Gasteiger partial charge in [0.05, 0.1) is 12.2 Å². The number of benzene rings is 1. The van der Waals surface area contributed by atoms with E-state index in [4.69, 9.17) is 16.3 Å². The van der Waals surface area contributed by atoms with Crippen LogP contribution in [0.5, 0.6) is 0 Å². The summed E-state index contributed by atoms with van der Waals surface area (Å²) in [6.07, 6.45) is 3.21. The van der Waals surface area contributed by atoms with E-state index in [-0.39, 0.29) is 0 Å². The van der Waals surface area contributed by atoms with E-state index in [2.05, 4.69) is 16.3 Å². The Labute approximate surface area is 113 Å². The summed E-state index contributed by atoms with van der Waals surface area (Å²) in [7, 11) is 1.95. The average molecular weight is 267 g/mol. The molecule has 3 rings (SSSR count). The van der Waals surface area contributed by atoms with Crippen LogP contribution in [-0.2, 0) is 11.3 Å². The van der Waals surface area contributed by atoms with Crippen molar-refractivity contribution in [3.05, 3.63) is 28.8 Å². The molecule has 2 unspecified atom stereocenters. The first kappa shape index (κ1) is 12.3. The van der Waals surface area contributed by atoms with Crippen LogP contribution in [-0.4, -0.2) is 32.3 Å². The molecule has 2 saturated heterocycles. The van der Waals surface area contributed by atoms with Gasteiger partial charge in [0.25, 0.3) is 0 Å². The molecule has 0 saturated carbocycles. The predicted molar refractivity (Wildman–Crippen MR) is 74.3 cm³/mol. The number of anilines is 1. The molecule has 0 spiro atoms. The third kappa shape index (κ3) is 2.22. The van der Waals surface area contributed by atoms with Gasteiger partial charge >= 0.3 is 0 Å². The minimum atomic E-state index is 0.408. The van der Waals surface area contributed by atoms with Gasteiger partial charge in [0.15, 0.2) is 0 Å². The van der Waals surface area contributed by atoms with Crippen molar-refractivity contribution in [2.75, 3.05) is 25.0 Å². The van der Waals surface area contributed by atoms with Crippen LogP contribution >= 0.6 is 11.6 Å². The van der Waals surface area contributed by atoms with Gasteiger partial charge in [-0.05, 0) is 32.0 Å². The summed E-state index contributed by atoms with van der Waals surface area (Å²) in [6.45, 7) is 2.79. The van der Waals surface area contributed by atoms with Crippen LogP contribution < -0.4 is 10.2 Å². The normalized spacial score (nSPS) is 26.7. The second-order valence-electron chi connectivity index (χ2n) is 5.13. The SMILES string of the molecule is CNCc1c(Cl)cccc1N1CC2CCC(C1)O2. The molecule has 18 heavy (non-hydrogen) atoms. The van der Waals surface area contributed by atoms with E-state index in [0.717, 1.165) is 24.7 Å². The molecule has 3 nitrogen and oxygen atoms in total. The van der Waals surface area contributed by atoms with Crippen LogP contribution in [0.25, 0.3) is 0 Å². The van der Waals surface area contributed by atoms with Gasteiger partial charge in [-0.15, -0.1) is 0 Å². The first-order valence-electron chi connectivity index (χ1n) is 6.60. The first-order valence-corrected chi connectivity index (χ1v) is 6.98. The Morgan fingerprint density at radius 3 is 2.72 bits per heavy atom. The summed E-state index contributed by atoms with van der Waals surface area (Å²) in [5.41, 5.74) is 2.46. The maximum atomic E-state index is 6.32. The van der Waals surface area contributed by atoms with Crippen LogP contribution in [0.3, 0.4) is 0 Å². The second kappa shape index (κ2) is 5.08. The molecule has 1 aromatic carbocycles. The van der Waals surface area contributed by atoms with Crippen LogP contribution in [0.2, 0.25) is 5.02 Å². The lowest BCUT2D eigenvalue weighted by Crippen LogP contribution is -2.43. The molecule has 0 radical (unpaired) electrons. The Kier molecular flexibility index (Phi) is 3.46. The number of morpholine rings is 1. The van der Waals surface area contributed by atoms with E-state index in [0.29, 0.717) is 12.2 Å². The minimum Gasteiger partial charge on any atom is -0.371 e. The summed E-state index contributed by atoms with van der Waals surface area (Å²) < 4.78 is 5.89. The standard InChI is InChI=1S/C14H19ClN2O/c1-16-7-12-13(15)3-2-4-14(12)17-8-10-5-6-11(9-17)18-10/h2-4,10-11,16H,5-9H2,1H3. The summed E-state index contributed by atoms with van der Waals surface area (Å²) in [6, 6.07) is 6.17. The Hall–Kier alpha value is -0.770. The Morgan fingerprint density at radius 2 is 2.06 bits per heavy atom. The van der Waals surface area contributed by atoms with Gasteiger partial charge < -0.3 is 15.0 Å². The highest BCUT2D eigenvalue weighted by atomic mass is 35.5. The fourth-order valence-corrected chi connectivity index (χ4v) is 3.24. The molecule has 2 aliphatic rings. The Morgan fingerprint density at radius 1 is 1.33 bits per heavy atom. The zero-order chi connectivity index (χ0) is 12.5. The molecule has 2 aliphatic heterocycles. The predicted octanol–water partition coefficient (Wildman–Crippen LogP) is 2.43. The van der Waals surface area contributed by atoms with Crippen molar-refractivity contribution in [3.63, 3.8) is 0 Å². The fourth-order valence-electron chi connectivity index (χ4n) is 3.01. The highest BCUT2D eigenvalue weighted by molar-refractivity contribution is 6.31. The largest absolute Gasteiger partial charge is 0.371 e. The van der Waals surface area contributed by atoms with E-state index in [1.165, 1.54) is 24.1 Å². The molecule has 2 fully saturated rings. The fraction of sp³-hybridized carbons (Fsp3) is 0.571. The van der Waals surface area contributed by atoms with Gasteiger partial charge in [0.1, 0.15) is 0 Å². The smallest absolute Gasteiger partial charge is 0.0755 e. The first-order chi connectivity index (χ1) is 8.78. The molecule has 1 N–H and O–H groups in total. The Balaban J connectivity index is 1.89. The van der Waals surface area contributed by atoms with Crippen LogP contribution in [0.1, 0.15) is 18.4 Å². The van der Waals surface area contributed by atoms with Crippen molar-refractivity contribution in [1.29, 1.82) is 0 Å². The van der Waals surface area contributed by atoms with Crippen molar-refractivity contribution in [1.82, 2.24) is 5.32 Å². The Bertz CT molecular complexity index is 426. The number of nitrogens with zero attached hydrogens (tertiary/aromatic N) is 1. The summed E-state index contributed by atoms with van der Waals surface area (Å²) in [5.74, 6) is 0. The van der Waals surface area contributed by atoms with Gasteiger partial charge in [-0.2, -0.15) is 0 Å². The van der Waals surface area contributed by atoms with Crippen LogP contribution in [0.15, 0.2) is 18.2 Å². The van der Waals surface area contributed by atoms with Crippen LogP contribution in [0, 0.1) is 0 Å². The monoisotopic (exact) mass is 266 g/mol. The van der Waals surface area contributed by atoms with E-state index in [9.17, 15) is 0 Å². The zero-order valence-corrected chi connectivity index (χ0v) is 11.4. The van der Waals surface area contributed by atoms with E-state index < -0.39 is 0 Å². The molecule has 1 aromatic rings. The zero-order valence-electron chi connectivity index (χ0n) is 10.7. The number of hydrogen-bond acceptors (Lipinski definition) is 3. The highest BCUT2D eigenvalue weighted by Gasteiger charge is 2.34. The summed E-state index contributed by atoms with van der Waals surface area (Å²) in [4.78, 5) is 2.43.